The number of aliphatic hydroxyl groups is 1. The standard InChI is InChI=1S/C22H26ClN7O2S/c1-13-4-3-5-15(23)18(13)19-20(21(24)32)33-22(28-19)27-16-12-17(26-14(2)25-16)30-8-6-29(7-9-30)10-11-31/h3-5,12,31H,6-11H2,1-2H3,(H2,24,32)(H,25,26,27,28). The number of benzene rings is 1. The number of hydrogen-bond acceptors (Lipinski definition) is 9. The first-order chi connectivity index (χ1) is 15.9. The van der Waals surface area contributed by atoms with E-state index in [0.717, 1.165) is 37.6 Å². The van der Waals surface area contributed by atoms with Crippen LogP contribution in [-0.2, 0) is 0 Å². The van der Waals surface area contributed by atoms with Crippen molar-refractivity contribution in [3.05, 3.63) is 45.6 Å². The molecule has 11 heteroatoms. The van der Waals surface area contributed by atoms with Gasteiger partial charge in [-0.3, -0.25) is 9.69 Å². The van der Waals surface area contributed by atoms with E-state index in [2.05, 4.69) is 30.1 Å². The molecule has 1 aliphatic heterocycles. The molecule has 1 saturated heterocycles. The van der Waals surface area contributed by atoms with Gasteiger partial charge in [0.15, 0.2) is 5.13 Å². The van der Waals surface area contributed by atoms with Crippen molar-refractivity contribution in [2.75, 3.05) is 49.5 Å². The number of aromatic nitrogens is 3. The Bertz CT molecular complexity index is 1140. The number of piperazine rings is 1. The third-order valence-corrected chi connectivity index (χ3v) is 6.78. The Balaban J connectivity index is 1.60. The second-order valence-corrected chi connectivity index (χ2v) is 9.23. The maximum Gasteiger partial charge on any atom is 0.261 e. The molecule has 0 atom stereocenters. The lowest BCUT2D eigenvalue weighted by Crippen LogP contribution is -2.47. The summed E-state index contributed by atoms with van der Waals surface area (Å²) in [5.41, 5.74) is 7.71. The number of hydrogen-bond donors (Lipinski definition) is 3. The quantitative estimate of drug-likeness (QED) is 0.465. The Kier molecular flexibility index (Phi) is 7.08. The number of primary amides is 1. The first-order valence-corrected chi connectivity index (χ1v) is 11.8. The molecule has 33 heavy (non-hydrogen) atoms. The SMILES string of the molecule is Cc1nc(Nc2nc(-c3c(C)cccc3Cl)c(C(N)=O)s2)cc(N2CCN(CCO)CC2)n1. The molecular formula is C22H26ClN7O2S. The van der Waals surface area contributed by atoms with E-state index in [-0.39, 0.29) is 6.61 Å². The number of aryl methyl sites for hydroxylation is 2. The Labute approximate surface area is 201 Å². The van der Waals surface area contributed by atoms with Gasteiger partial charge < -0.3 is 21.1 Å². The zero-order chi connectivity index (χ0) is 23.5. The van der Waals surface area contributed by atoms with Crippen LogP contribution in [0.1, 0.15) is 21.1 Å². The van der Waals surface area contributed by atoms with E-state index >= 15 is 0 Å². The highest BCUT2D eigenvalue weighted by atomic mass is 35.5. The van der Waals surface area contributed by atoms with Gasteiger partial charge >= 0.3 is 0 Å². The van der Waals surface area contributed by atoms with Crippen LogP contribution >= 0.6 is 22.9 Å². The zero-order valence-corrected chi connectivity index (χ0v) is 20.1. The molecule has 1 amide bonds. The van der Waals surface area contributed by atoms with E-state index in [1.54, 1.807) is 6.07 Å². The first-order valence-electron chi connectivity index (χ1n) is 10.6. The molecule has 1 aliphatic rings. The normalized spacial score (nSPS) is 14.5. The number of β-amino-alcohol motifs (C(OH)–C–C–N with tert-alkyl or cyclic N) is 1. The molecule has 3 heterocycles. The van der Waals surface area contributed by atoms with Crippen molar-refractivity contribution in [2.24, 2.45) is 5.73 Å². The highest BCUT2D eigenvalue weighted by molar-refractivity contribution is 7.18. The summed E-state index contributed by atoms with van der Waals surface area (Å²) in [6, 6.07) is 7.41. The minimum absolute atomic E-state index is 0.164. The van der Waals surface area contributed by atoms with Crippen molar-refractivity contribution in [1.82, 2.24) is 19.9 Å². The van der Waals surface area contributed by atoms with Crippen molar-refractivity contribution in [1.29, 1.82) is 0 Å². The van der Waals surface area contributed by atoms with Crippen LogP contribution in [0, 0.1) is 13.8 Å². The third-order valence-electron chi connectivity index (χ3n) is 5.48. The van der Waals surface area contributed by atoms with E-state index < -0.39 is 5.91 Å². The summed E-state index contributed by atoms with van der Waals surface area (Å²) in [5, 5.41) is 13.4. The number of thiazole rings is 1. The Hall–Kier alpha value is -2.79. The van der Waals surface area contributed by atoms with Gasteiger partial charge in [0.25, 0.3) is 5.91 Å². The fourth-order valence-corrected chi connectivity index (χ4v) is 5.01. The average Bonchev–Trinajstić information content (AvgIpc) is 3.17. The highest BCUT2D eigenvalue weighted by Crippen LogP contribution is 2.37. The van der Waals surface area contributed by atoms with Crippen LogP contribution < -0.4 is 16.0 Å². The molecule has 3 aromatic rings. The van der Waals surface area contributed by atoms with Crippen LogP contribution in [-0.4, -0.2) is 70.2 Å². The summed E-state index contributed by atoms with van der Waals surface area (Å²) < 4.78 is 0. The summed E-state index contributed by atoms with van der Waals surface area (Å²) in [6.45, 7) is 7.96. The van der Waals surface area contributed by atoms with Gasteiger partial charge in [0, 0.05) is 44.4 Å². The molecule has 1 aromatic carbocycles. The van der Waals surface area contributed by atoms with Gasteiger partial charge in [0.1, 0.15) is 22.3 Å². The number of carbonyl (C=O) groups excluding carboxylic acids is 1. The minimum Gasteiger partial charge on any atom is -0.395 e. The van der Waals surface area contributed by atoms with Crippen LogP contribution in [0.3, 0.4) is 0 Å². The molecule has 9 nitrogen and oxygen atoms in total. The topological polar surface area (TPSA) is 120 Å². The fraction of sp³-hybridized carbons (Fsp3) is 0.364. The first kappa shape index (κ1) is 23.4. The molecule has 0 aliphatic carbocycles. The molecule has 0 bridgehead atoms. The number of nitrogens with one attached hydrogen (secondary N) is 1. The molecule has 0 spiro atoms. The minimum atomic E-state index is -0.560. The number of anilines is 3. The van der Waals surface area contributed by atoms with Crippen LogP contribution in [0.2, 0.25) is 5.02 Å². The molecule has 2 aromatic heterocycles. The van der Waals surface area contributed by atoms with E-state index in [0.29, 0.717) is 44.5 Å². The third kappa shape index (κ3) is 5.25. The van der Waals surface area contributed by atoms with Crippen LogP contribution in [0.15, 0.2) is 24.3 Å². The smallest absolute Gasteiger partial charge is 0.261 e. The van der Waals surface area contributed by atoms with Gasteiger partial charge in [0.2, 0.25) is 0 Å². The van der Waals surface area contributed by atoms with Crippen LogP contribution in [0.5, 0.6) is 0 Å². The van der Waals surface area contributed by atoms with Gasteiger partial charge in [-0.05, 0) is 25.5 Å². The number of aliphatic hydroxyl groups excluding tert-OH is 1. The molecule has 4 N–H and O–H groups in total. The largest absolute Gasteiger partial charge is 0.395 e. The summed E-state index contributed by atoms with van der Waals surface area (Å²) in [6.07, 6.45) is 0. The Morgan fingerprint density at radius 3 is 2.64 bits per heavy atom. The summed E-state index contributed by atoms with van der Waals surface area (Å²) >= 11 is 7.58. The Morgan fingerprint density at radius 1 is 1.21 bits per heavy atom. The van der Waals surface area contributed by atoms with Gasteiger partial charge in [-0.1, -0.05) is 35.1 Å². The monoisotopic (exact) mass is 487 g/mol. The van der Waals surface area contributed by atoms with Crippen molar-refractivity contribution in [3.63, 3.8) is 0 Å². The van der Waals surface area contributed by atoms with Crippen molar-refractivity contribution in [2.45, 2.75) is 13.8 Å². The number of halogens is 1. The lowest BCUT2D eigenvalue weighted by molar-refractivity contribution is 0.100. The van der Waals surface area contributed by atoms with Gasteiger partial charge in [-0.15, -0.1) is 0 Å². The zero-order valence-electron chi connectivity index (χ0n) is 18.5. The molecular weight excluding hydrogens is 462 g/mol. The number of carbonyl (C=O) groups is 1. The maximum absolute atomic E-state index is 12.1. The molecule has 0 radical (unpaired) electrons. The number of rotatable bonds is 7. The van der Waals surface area contributed by atoms with Crippen LogP contribution in [0.25, 0.3) is 11.3 Å². The summed E-state index contributed by atoms with van der Waals surface area (Å²) in [7, 11) is 0. The average molecular weight is 488 g/mol. The van der Waals surface area contributed by atoms with Gasteiger partial charge in [-0.2, -0.15) is 0 Å². The van der Waals surface area contributed by atoms with Crippen molar-refractivity contribution in [3.8, 4) is 11.3 Å². The van der Waals surface area contributed by atoms with Gasteiger partial charge in [-0.25, -0.2) is 15.0 Å². The van der Waals surface area contributed by atoms with E-state index in [1.807, 2.05) is 32.0 Å². The number of nitrogens with zero attached hydrogens (tertiary/aromatic N) is 5. The summed E-state index contributed by atoms with van der Waals surface area (Å²) in [5.74, 6) is 1.47. The fourth-order valence-electron chi connectivity index (χ4n) is 3.87. The highest BCUT2D eigenvalue weighted by Gasteiger charge is 2.22. The number of nitrogens with two attached hydrogens (primary N) is 1. The second kappa shape index (κ2) is 10.0. The number of amides is 1. The van der Waals surface area contributed by atoms with Crippen LogP contribution in [0.4, 0.5) is 16.8 Å². The maximum atomic E-state index is 12.1. The van der Waals surface area contributed by atoms with E-state index in [1.165, 1.54) is 11.3 Å². The Morgan fingerprint density at radius 2 is 1.97 bits per heavy atom. The molecule has 1 fully saturated rings. The molecule has 0 saturated carbocycles. The summed E-state index contributed by atoms with van der Waals surface area (Å²) in [4.78, 5) is 30.6. The molecule has 4 rings (SSSR count). The van der Waals surface area contributed by atoms with E-state index in [4.69, 9.17) is 22.4 Å². The second-order valence-electron chi connectivity index (χ2n) is 7.83. The predicted molar refractivity (Wildman–Crippen MR) is 132 cm³/mol. The van der Waals surface area contributed by atoms with Crippen molar-refractivity contribution >= 4 is 45.6 Å². The lowest BCUT2D eigenvalue weighted by atomic mass is 10.0. The lowest BCUT2D eigenvalue weighted by Gasteiger charge is -2.35. The molecule has 0 unspecified atom stereocenters. The van der Waals surface area contributed by atoms with Crippen molar-refractivity contribution < 1.29 is 9.90 Å². The molecule has 174 valence electrons. The van der Waals surface area contributed by atoms with E-state index in [9.17, 15) is 4.79 Å². The van der Waals surface area contributed by atoms with Gasteiger partial charge in [0.05, 0.1) is 17.3 Å². The predicted octanol–water partition coefficient (Wildman–Crippen LogP) is 2.83.